The van der Waals surface area contributed by atoms with Crippen LogP contribution in [0.5, 0.6) is 0 Å². The number of phosphoric acid groups is 1. The minimum Gasteiger partial charge on any atom is -0.756 e. The van der Waals surface area contributed by atoms with Gasteiger partial charge in [-0.25, -0.2) is 0 Å². The summed E-state index contributed by atoms with van der Waals surface area (Å²) in [5.74, 6) is -0.191. The number of hydrogen-bond acceptors (Lipinski definition) is 6. The van der Waals surface area contributed by atoms with Crippen LogP contribution >= 0.6 is 7.82 Å². The Hall–Kier alpha value is -3.10. The molecule has 0 fully saturated rings. The zero-order chi connectivity index (χ0) is 58.4. The number of carbonyl (C=O) groups excluding carboxylic acids is 1. The number of quaternary nitrogens is 1. The fourth-order valence-electron chi connectivity index (χ4n) is 9.13. The standard InChI is InChI=1S/C71H125N2O6P/c1-6-8-10-12-14-16-18-20-22-24-26-28-30-31-32-33-34-35-36-37-38-39-40-41-43-45-47-49-51-53-55-57-59-61-63-65-71(75)72-69(68-79-80(76,77)78-67-66-73(3,4)5)70(74)64-62-60-58-56-54-52-50-48-46-44-42-29-27-25-23-21-19-17-15-13-11-9-7-2/h8,10,14,16,20,22,26,28,31-32,34-35,37-38,40-41,45,47,51,53,69-70,74H,6-7,9,11-13,15,17-19,21,23-25,27,29-30,33,36,39,42-44,46,48-50,52,54-68H2,1-5H3,(H-,72,75,76,77)/b10-8-,16-14-,22-20-,28-26-,32-31-,35-34-,38-37-,41-40-,47-45-,53-51-. The normalized spacial score (nSPS) is 14.5. The molecule has 1 amide bonds. The maximum absolute atomic E-state index is 13.0. The third-order valence-electron chi connectivity index (χ3n) is 14.2. The van der Waals surface area contributed by atoms with Crippen molar-refractivity contribution in [1.29, 1.82) is 0 Å². The van der Waals surface area contributed by atoms with E-state index in [1.165, 1.54) is 128 Å². The van der Waals surface area contributed by atoms with Gasteiger partial charge in [-0.05, 0) is 89.9 Å². The summed E-state index contributed by atoms with van der Waals surface area (Å²) in [5.41, 5.74) is 0. The Bertz CT molecular complexity index is 1720. The molecule has 0 aliphatic heterocycles. The number of amides is 1. The van der Waals surface area contributed by atoms with Crippen molar-refractivity contribution < 1.29 is 32.9 Å². The first-order valence-corrected chi connectivity index (χ1v) is 34.3. The zero-order valence-corrected chi connectivity index (χ0v) is 53.4. The summed E-state index contributed by atoms with van der Waals surface area (Å²) < 4.78 is 23.5. The predicted octanol–water partition coefficient (Wildman–Crippen LogP) is 20.2. The van der Waals surface area contributed by atoms with Gasteiger partial charge in [0.25, 0.3) is 7.82 Å². The van der Waals surface area contributed by atoms with Crippen LogP contribution in [0.15, 0.2) is 122 Å². The van der Waals surface area contributed by atoms with Gasteiger partial charge in [-0.3, -0.25) is 9.36 Å². The molecule has 0 aromatic rings. The Morgan fingerprint density at radius 1 is 0.450 bits per heavy atom. The molecule has 0 heterocycles. The Morgan fingerprint density at radius 3 is 1.11 bits per heavy atom. The van der Waals surface area contributed by atoms with Crippen LogP contribution < -0.4 is 10.2 Å². The molecule has 0 bridgehead atoms. The number of aliphatic hydroxyl groups excluding tert-OH is 1. The predicted molar refractivity (Wildman–Crippen MR) is 348 cm³/mol. The minimum absolute atomic E-state index is 0.000804. The SMILES string of the molecule is CC/C=C\C/C=C\C/C=C\C/C=C\C/C=C\C/C=C\C/C=C\C/C=C\C/C=C\C/C=C\CCCCCCC(=O)NC(COP(=O)([O-])OCC[N+](C)(C)C)C(O)CCCCCCCCCCCCCCCCCCCCCCCCC. The van der Waals surface area contributed by atoms with Crippen molar-refractivity contribution in [3.63, 3.8) is 0 Å². The maximum Gasteiger partial charge on any atom is 0.268 e. The summed E-state index contributed by atoms with van der Waals surface area (Å²) in [6.07, 6.45) is 89.6. The van der Waals surface area contributed by atoms with Crippen LogP contribution in [0, 0.1) is 0 Å². The van der Waals surface area contributed by atoms with E-state index in [4.69, 9.17) is 9.05 Å². The molecule has 460 valence electrons. The van der Waals surface area contributed by atoms with Gasteiger partial charge in [0, 0.05) is 6.42 Å². The monoisotopic (exact) mass is 1130 g/mol. The second-order valence-electron chi connectivity index (χ2n) is 23.1. The number of nitrogens with zero attached hydrogens (tertiary/aromatic N) is 1. The average molecular weight is 1130 g/mol. The van der Waals surface area contributed by atoms with Gasteiger partial charge < -0.3 is 28.8 Å². The van der Waals surface area contributed by atoms with E-state index in [0.717, 1.165) is 116 Å². The van der Waals surface area contributed by atoms with Crippen molar-refractivity contribution in [2.24, 2.45) is 0 Å². The summed E-state index contributed by atoms with van der Waals surface area (Å²) in [5, 5.41) is 14.1. The third kappa shape index (κ3) is 62.5. The highest BCUT2D eigenvalue weighted by atomic mass is 31.2. The molecule has 0 saturated heterocycles. The average Bonchev–Trinajstić information content (AvgIpc) is 3.42. The van der Waals surface area contributed by atoms with Gasteiger partial charge in [0.2, 0.25) is 5.91 Å². The van der Waals surface area contributed by atoms with Gasteiger partial charge in [0.05, 0.1) is 39.9 Å². The van der Waals surface area contributed by atoms with Crippen LogP contribution in [-0.4, -0.2) is 68.5 Å². The number of carbonyl (C=O) groups is 1. The number of nitrogens with one attached hydrogen (secondary N) is 1. The number of allylic oxidation sites excluding steroid dienone is 20. The van der Waals surface area contributed by atoms with E-state index >= 15 is 0 Å². The minimum atomic E-state index is -4.59. The van der Waals surface area contributed by atoms with E-state index in [0.29, 0.717) is 23.9 Å². The van der Waals surface area contributed by atoms with E-state index in [-0.39, 0.29) is 19.1 Å². The van der Waals surface area contributed by atoms with E-state index in [1.807, 2.05) is 21.1 Å². The molecule has 0 saturated carbocycles. The molecular formula is C71H125N2O6P. The van der Waals surface area contributed by atoms with E-state index < -0.39 is 20.0 Å². The molecule has 9 heteroatoms. The molecule has 80 heavy (non-hydrogen) atoms. The summed E-state index contributed by atoms with van der Waals surface area (Å²) in [6.45, 7) is 4.60. The summed E-state index contributed by atoms with van der Waals surface area (Å²) in [4.78, 5) is 25.6. The van der Waals surface area contributed by atoms with Crippen molar-refractivity contribution in [1.82, 2.24) is 5.32 Å². The number of phosphoric ester groups is 1. The molecule has 0 spiro atoms. The van der Waals surface area contributed by atoms with Crippen molar-refractivity contribution in [2.75, 3.05) is 40.9 Å². The van der Waals surface area contributed by atoms with Crippen LogP contribution in [0.4, 0.5) is 0 Å². The highest BCUT2D eigenvalue weighted by Crippen LogP contribution is 2.38. The van der Waals surface area contributed by atoms with Crippen molar-refractivity contribution in [2.45, 2.75) is 283 Å². The van der Waals surface area contributed by atoms with E-state index in [9.17, 15) is 19.4 Å². The fraction of sp³-hybridized carbons (Fsp3) is 0.704. The van der Waals surface area contributed by atoms with Gasteiger partial charge >= 0.3 is 0 Å². The molecule has 0 aliphatic rings. The number of hydrogen-bond donors (Lipinski definition) is 2. The van der Waals surface area contributed by atoms with Gasteiger partial charge in [0.15, 0.2) is 0 Å². The molecule has 0 aromatic heterocycles. The first kappa shape index (κ1) is 76.9. The van der Waals surface area contributed by atoms with Crippen molar-refractivity contribution >= 4 is 13.7 Å². The van der Waals surface area contributed by atoms with Gasteiger partial charge in [-0.15, -0.1) is 0 Å². The Balaban J connectivity index is 4.21. The summed E-state index contributed by atoms with van der Waals surface area (Å²) in [7, 11) is 1.27. The highest BCUT2D eigenvalue weighted by molar-refractivity contribution is 7.45. The molecule has 3 atom stereocenters. The van der Waals surface area contributed by atoms with Gasteiger partial charge in [0.1, 0.15) is 13.2 Å². The Kier molecular flexibility index (Phi) is 58.1. The highest BCUT2D eigenvalue weighted by Gasteiger charge is 2.24. The van der Waals surface area contributed by atoms with Gasteiger partial charge in [-0.1, -0.05) is 296 Å². The van der Waals surface area contributed by atoms with E-state index in [1.54, 1.807) is 0 Å². The smallest absolute Gasteiger partial charge is 0.268 e. The molecule has 0 rings (SSSR count). The molecular weight excluding hydrogens is 1010 g/mol. The third-order valence-corrected chi connectivity index (χ3v) is 15.2. The molecule has 0 radical (unpaired) electrons. The quantitative estimate of drug-likeness (QED) is 0.0272. The number of rotatable bonds is 59. The van der Waals surface area contributed by atoms with Crippen molar-refractivity contribution in [3.05, 3.63) is 122 Å². The molecule has 8 nitrogen and oxygen atoms in total. The first-order valence-electron chi connectivity index (χ1n) is 32.9. The molecule has 0 aromatic carbocycles. The zero-order valence-electron chi connectivity index (χ0n) is 52.5. The molecule has 0 aliphatic carbocycles. The van der Waals surface area contributed by atoms with E-state index in [2.05, 4.69) is 141 Å². The number of unbranched alkanes of at least 4 members (excludes halogenated alkanes) is 26. The van der Waals surface area contributed by atoms with Crippen LogP contribution in [0.3, 0.4) is 0 Å². The maximum atomic E-state index is 13.0. The second kappa shape index (κ2) is 60.5. The summed E-state index contributed by atoms with van der Waals surface area (Å²) >= 11 is 0. The molecule has 3 unspecified atom stereocenters. The topological polar surface area (TPSA) is 108 Å². The lowest BCUT2D eigenvalue weighted by Gasteiger charge is -2.30. The lowest BCUT2D eigenvalue weighted by molar-refractivity contribution is -0.870. The largest absolute Gasteiger partial charge is 0.756 e. The second-order valence-corrected chi connectivity index (χ2v) is 24.5. The first-order chi connectivity index (χ1) is 39.0. The van der Waals surface area contributed by atoms with Crippen LogP contribution in [-0.2, 0) is 18.4 Å². The number of aliphatic hydroxyl groups is 1. The lowest BCUT2D eigenvalue weighted by atomic mass is 10.0. The summed E-state index contributed by atoms with van der Waals surface area (Å²) in [6, 6.07) is -0.825. The Labute approximate surface area is 494 Å². The van der Waals surface area contributed by atoms with Gasteiger partial charge in [-0.2, -0.15) is 0 Å². The number of likely N-dealkylation sites (N-methyl/N-ethyl adjacent to an activating group) is 1. The fourth-order valence-corrected chi connectivity index (χ4v) is 9.85. The lowest BCUT2D eigenvalue weighted by Crippen LogP contribution is -2.46. The Morgan fingerprint density at radius 2 is 0.762 bits per heavy atom. The van der Waals surface area contributed by atoms with Crippen molar-refractivity contribution in [3.8, 4) is 0 Å². The van der Waals surface area contributed by atoms with Crippen LogP contribution in [0.2, 0.25) is 0 Å². The van der Waals surface area contributed by atoms with Crippen LogP contribution in [0.25, 0.3) is 0 Å². The molecule has 2 N–H and O–H groups in total. The van der Waals surface area contributed by atoms with Crippen LogP contribution in [0.1, 0.15) is 271 Å².